The molecule has 1 heterocycles. The third kappa shape index (κ3) is 3.32. The lowest BCUT2D eigenvalue weighted by Crippen LogP contribution is -2.33. The molecular formula is C20H21NO3. The van der Waals surface area contributed by atoms with E-state index in [-0.39, 0.29) is 12.5 Å². The minimum Gasteiger partial charge on any atom is -0.452 e. The Morgan fingerprint density at radius 1 is 1.08 bits per heavy atom. The zero-order valence-corrected chi connectivity index (χ0v) is 14.0. The Labute approximate surface area is 142 Å². The van der Waals surface area contributed by atoms with Gasteiger partial charge in [-0.05, 0) is 41.7 Å². The maximum Gasteiger partial charge on any atom is 0.338 e. The van der Waals surface area contributed by atoms with Crippen LogP contribution in [-0.2, 0) is 16.0 Å². The summed E-state index contributed by atoms with van der Waals surface area (Å²) in [6.45, 7) is 4.59. The predicted octanol–water partition coefficient (Wildman–Crippen LogP) is 3.56. The van der Waals surface area contributed by atoms with Crippen molar-refractivity contribution in [1.29, 1.82) is 0 Å². The number of rotatable bonds is 4. The van der Waals surface area contributed by atoms with Crippen LogP contribution < -0.4 is 4.90 Å². The molecule has 0 unspecified atom stereocenters. The molecule has 124 valence electrons. The van der Waals surface area contributed by atoms with Crippen LogP contribution in [0.15, 0.2) is 48.5 Å². The maximum absolute atomic E-state index is 12.3. The van der Waals surface area contributed by atoms with Gasteiger partial charge in [0, 0.05) is 12.2 Å². The second kappa shape index (κ2) is 6.87. The molecular weight excluding hydrogens is 302 g/mol. The molecule has 0 spiro atoms. The van der Waals surface area contributed by atoms with Crippen LogP contribution in [0, 0.1) is 0 Å². The normalized spacial score (nSPS) is 13.0. The van der Waals surface area contributed by atoms with Gasteiger partial charge in [0.2, 0.25) is 0 Å². The zero-order valence-electron chi connectivity index (χ0n) is 14.0. The van der Waals surface area contributed by atoms with Gasteiger partial charge in [0.25, 0.3) is 5.91 Å². The van der Waals surface area contributed by atoms with Crippen molar-refractivity contribution in [1.82, 2.24) is 0 Å². The monoisotopic (exact) mass is 323 g/mol. The van der Waals surface area contributed by atoms with E-state index < -0.39 is 5.97 Å². The highest BCUT2D eigenvalue weighted by molar-refractivity contribution is 5.98. The van der Waals surface area contributed by atoms with Crippen molar-refractivity contribution in [2.45, 2.75) is 26.2 Å². The predicted molar refractivity (Wildman–Crippen MR) is 93.3 cm³/mol. The third-order valence-electron chi connectivity index (χ3n) is 4.33. The van der Waals surface area contributed by atoms with Gasteiger partial charge in [-0.25, -0.2) is 4.79 Å². The average Bonchev–Trinajstić information content (AvgIpc) is 3.03. The van der Waals surface area contributed by atoms with E-state index in [1.54, 1.807) is 17.0 Å². The lowest BCUT2D eigenvalue weighted by atomic mass is 10.0. The second-order valence-electron chi connectivity index (χ2n) is 6.28. The van der Waals surface area contributed by atoms with Gasteiger partial charge in [-0.1, -0.05) is 44.2 Å². The fourth-order valence-electron chi connectivity index (χ4n) is 2.89. The van der Waals surface area contributed by atoms with Gasteiger partial charge in [0.15, 0.2) is 6.61 Å². The van der Waals surface area contributed by atoms with E-state index in [1.165, 1.54) is 0 Å². The summed E-state index contributed by atoms with van der Waals surface area (Å²) in [5.74, 6) is -0.245. The number of hydrogen-bond donors (Lipinski definition) is 0. The molecule has 1 amide bonds. The largest absolute Gasteiger partial charge is 0.452 e. The molecule has 0 aromatic heterocycles. The highest BCUT2D eigenvalue weighted by Gasteiger charge is 2.25. The van der Waals surface area contributed by atoms with Gasteiger partial charge in [-0.2, -0.15) is 0 Å². The number of fused-ring (bicyclic) bond motifs is 1. The van der Waals surface area contributed by atoms with Crippen molar-refractivity contribution in [3.8, 4) is 0 Å². The molecule has 0 radical (unpaired) electrons. The van der Waals surface area contributed by atoms with Crippen LogP contribution in [0.1, 0.15) is 41.3 Å². The Morgan fingerprint density at radius 3 is 2.50 bits per heavy atom. The van der Waals surface area contributed by atoms with E-state index in [2.05, 4.69) is 13.8 Å². The van der Waals surface area contributed by atoms with Gasteiger partial charge < -0.3 is 9.64 Å². The van der Waals surface area contributed by atoms with Crippen LogP contribution in [0.2, 0.25) is 0 Å². The number of hydrogen-bond acceptors (Lipinski definition) is 3. The van der Waals surface area contributed by atoms with Crippen LogP contribution >= 0.6 is 0 Å². The summed E-state index contributed by atoms with van der Waals surface area (Å²) >= 11 is 0. The van der Waals surface area contributed by atoms with Crippen LogP contribution in [0.5, 0.6) is 0 Å². The summed E-state index contributed by atoms with van der Waals surface area (Å²) in [6, 6.07) is 15.1. The summed E-state index contributed by atoms with van der Waals surface area (Å²) in [6.07, 6.45) is 0.840. The molecule has 0 saturated carbocycles. The Kier molecular flexibility index (Phi) is 4.65. The molecule has 1 aliphatic rings. The van der Waals surface area contributed by atoms with Gasteiger partial charge in [0.05, 0.1) is 5.56 Å². The average molecular weight is 323 g/mol. The molecule has 4 heteroatoms. The molecule has 24 heavy (non-hydrogen) atoms. The van der Waals surface area contributed by atoms with E-state index in [0.29, 0.717) is 18.0 Å². The number of esters is 1. The molecule has 0 saturated heterocycles. The maximum atomic E-state index is 12.3. The van der Waals surface area contributed by atoms with Crippen molar-refractivity contribution in [3.63, 3.8) is 0 Å². The first-order valence-electron chi connectivity index (χ1n) is 8.21. The quantitative estimate of drug-likeness (QED) is 0.808. The molecule has 2 aromatic rings. The van der Waals surface area contributed by atoms with Crippen molar-refractivity contribution in [2.75, 3.05) is 18.1 Å². The topological polar surface area (TPSA) is 46.6 Å². The molecule has 0 bridgehead atoms. The SMILES string of the molecule is CC(C)c1ccc(C(=O)OCC(=O)N2CCc3ccccc32)cc1. The van der Waals surface area contributed by atoms with Gasteiger partial charge >= 0.3 is 5.97 Å². The minimum atomic E-state index is -0.467. The van der Waals surface area contributed by atoms with Crippen molar-refractivity contribution in [2.24, 2.45) is 0 Å². The van der Waals surface area contributed by atoms with Gasteiger partial charge in [0.1, 0.15) is 0 Å². The van der Waals surface area contributed by atoms with E-state index in [1.807, 2.05) is 36.4 Å². The molecule has 0 fully saturated rings. The van der Waals surface area contributed by atoms with Crippen molar-refractivity contribution in [3.05, 3.63) is 65.2 Å². The van der Waals surface area contributed by atoms with Crippen molar-refractivity contribution < 1.29 is 14.3 Å². The van der Waals surface area contributed by atoms with E-state index in [4.69, 9.17) is 4.74 Å². The Hall–Kier alpha value is -2.62. The van der Waals surface area contributed by atoms with Crippen LogP contribution in [0.3, 0.4) is 0 Å². The molecule has 0 N–H and O–H groups in total. The molecule has 4 nitrogen and oxygen atoms in total. The summed E-state index contributed by atoms with van der Waals surface area (Å²) in [4.78, 5) is 26.1. The standard InChI is InChI=1S/C20H21NO3/c1-14(2)15-7-9-17(10-8-15)20(23)24-13-19(22)21-12-11-16-5-3-4-6-18(16)21/h3-10,14H,11-13H2,1-2H3. The van der Waals surface area contributed by atoms with E-state index in [0.717, 1.165) is 23.2 Å². The van der Waals surface area contributed by atoms with Crippen LogP contribution in [0.4, 0.5) is 5.69 Å². The number of benzene rings is 2. The number of amides is 1. The fraction of sp³-hybridized carbons (Fsp3) is 0.300. The Bertz CT molecular complexity index is 750. The molecule has 1 aliphatic heterocycles. The van der Waals surface area contributed by atoms with Crippen LogP contribution in [-0.4, -0.2) is 25.0 Å². The molecule has 0 aliphatic carbocycles. The molecule has 2 aromatic carbocycles. The Balaban J connectivity index is 1.59. The summed E-state index contributed by atoms with van der Waals surface area (Å²) in [5, 5.41) is 0. The number of para-hydroxylation sites is 1. The summed E-state index contributed by atoms with van der Waals surface area (Å²) in [7, 11) is 0. The lowest BCUT2D eigenvalue weighted by molar-refractivity contribution is -0.121. The third-order valence-corrected chi connectivity index (χ3v) is 4.33. The van der Waals surface area contributed by atoms with Crippen LogP contribution in [0.25, 0.3) is 0 Å². The summed E-state index contributed by atoms with van der Waals surface area (Å²) in [5.41, 5.74) is 3.70. The minimum absolute atomic E-state index is 0.188. The smallest absolute Gasteiger partial charge is 0.338 e. The Morgan fingerprint density at radius 2 is 1.79 bits per heavy atom. The zero-order chi connectivity index (χ0) is 17.1. The van der Waals surface area contributed by atoms with Crippen molar-refractivity contribution >= 4 is 17.6 Å². The number of carbonyl (C=O) groups excluding carboxylic acids is 2. The lowest BCUT2D eigenvalue weighted by Gasteiger charge is -2.17. The van der Waals surface area contributed by atoms with E-state index in [9.17, 15) is 9.59 Å². The second-order valence-corrected chi connectivity index (χ2v) is 6.28. The summed E-state index contributed by atoms with van der Waals surface area (Å²) < 4.78 is 5.19. The molecule has 0 atom stereocenters. The fourth-order valence-corrected chi connectivity index (χ4v) is 2.89. The molecule has 3 rings (SSSR count). The first-order valence-corrected chi connectivity index (χ1v) is 8.21. The number of carbonyl (C=O) groups is 2. The number of anilines is 1. The first kappa shape index (κ1) is 16.2. The number of nitrogens with zero attached hydrogens (tertiary/aromatic N) is 1. The highest BCUT2D eigenvalue weighted by Crippen LogP contribution is 2.27. The van der Waals surface area contributed by atoms with Gasteiger partial charge in [-0.15, -0.1) is 0 Å². The first-order chi connectivity index (χ1) is 11.6. The van der Waals surface area contributed by atoms with Gasteiger partial charge in [-0.3, -0.25) is 4.79 Å². The highest BCUT2D eigenvalue weighted by atomic mass is 16.5. The number of ether oxygens (including phenoxy) is 1. The van der Waals surface area contributed by atoms with E-state index >= 15 is 0 Å².